The largest absolute Gasteiger partial charge is 0.540 e. The van der Waals surface area contributed by atoms with E-state index in [0.717, 1.165) is 17.6 Å². The lowest BCUT2D eigenvalue weighted by Crippen LogP contribution is -2.47. The molecular weight excluding hydrogens is 400 g/mol. The molecule has 1 aromatic carbocycles. The van der Waals surface area contributed by atoms with E-state index in [9.17, 15) is 0 Å². The van der Waals surface area contributed by atoms with Gasteiger partial charge in [0, 0.05) is 0 Å². The van der Waals surface area contributed by atoms with Crippen LogP contribution in [0, 0.1) is 17.3 Å². The number of rotatable bonds is 6. The fourth-order valence-corrected chi connectivity index (χ4v) is 8.56. The summed E-state index contributed by atoms with van der Waals surface area (Å²) in [5.74, 6) is 3.36. The van der Waals surface area contributed by atoms with Crippen LogP contribution in [0.5, 0.6) is 5.75 Å². The lowest BCUT2D eigenvalue weighted by molar-refractivity contribution is -0.0135. The second-order valence-corrected chi connectivity index (χ2v) is 18.9. The molecule has 4 rings (SSSR count). The summed E-state index contributed by atoms with van der Waals surface area (Å²) in [5.41, 5.74) is 7.58. The first-order chi connectivity index (χ1) is 14.1. The first kappa shape index (κ1) is 22.1. The van der Waals surface area contributed by atoms with Gasteiger partial charge < -0.3 is 8.85 Å². The predicted molar refractivity (Wildman–Crippen MR) is 132 cm³/mol. The first-order valence-corrected chi connectivity index (χ1v) is 17.8. The summed E-state index contributed by atoms with van der Waals surface area (Å²) in [4.78, 5) is 0. The molecule has 0 bridgehead atoms. The molecule has 0 amide bonds. The van der Waals surface area contributed by atoms with Crippen molar-refractivity contribution in [1.82, 2.24) is 0 Å². The van der Waals surface area contributed by atoms with Gasteiger partial charge in [0.05, 0.1) is 6.10 Å². The van der Waals surface area contributed by atoms with Crippen molar-refractivity contribution < 1.29 is 8.85 Å². The molecule has 0 aromatic heterocycles. The third-order valence-electron chi connectivity index (χ3n) is 8.42. The molecule has 0 N–H and O–H groups in total. The van der Waals surface area contributed by atoms with Crippen LogP contribution in [0.2, 0.25) is 26.2 Å². The number of hydrogen-bond donors (Lipinski definition) is 0. The van der Waals surface area contributed by atoms with Crippen LogP contribution in [0.1, 0.15) is 56.1 Å². The van der Waals surface area contributed by atoms with Crippen molar-refractivity contribution >= 4 is 16.6 Å². The molecule has 2 fully saturated rings. The van der Waals surface area contributed by atoms with Gasteiger partial charge in [-0.2, -0.15) is 0 Å². The highest BCUT2D eigenvalue weighted by molar-refractivity contribution is 6.76. The van der Waals surface area contributed by atoms with Crippen molar-refractivity contribution in [3.63, 3.8) is 0 Å². The zero-order valence-corrected chi connectivity index (χ0v) is 21.7. The van der Waals surface area contributed by atoms with Gasteiger partial charge in [0.2, 0.25) is 8.32 Å². The second-order valence-electron chi connectivity index (χ2n) is 11.2. The summed E-state index contributed by atoms with van der Waals surface area (Å²) in [6.07, 6.45) is 8.08. The van der Waals surface area contributed by atoms with Gasteiger partial charge in [-0.1, -0.05) is 24.4 Å². The summed E-state index contributed by atoms with van der Waals surface area (Å²) in [6.45, 7) is 19.5. The Bertz CT molecular complexity index is 830. The number of fused-ring (bicyclic) bond motifs is 5. The van der Waals surface area contributed by atoms with Crippen LogP contribution in [-0.2, 0) is 10.8 Å². The maximum atomic E-state index is 6.74. The highest BCUT2D eigenvalue weighted by atomic mass is 28.4. The van der Waals surface area contributed by atoms with E-state index in [1.54, 1.807) is 5.56 Å². The standard InChI is InChI=1S/C26H40O2Si2/c1-8-29(4,5)27-20-11-13-21-19(18-20)10-12-23-22(21)16-17-26(3)24(23)14-15-25(26)28-30(6,7)9-2/h8-9,11,13,18,22-25H,1-2,10,12,14-17H2,3-7H3/t22-,23-,24+,25+,26+/m1/s1. The predicted octanol–water partition coefficient (Wildman–Crippen LogP) is 7.17. The Morgan fingerprint density at radius 3 is 2.43 bits per heavy atom. The number of benzene rings is 1. The fourth-order valence-electron chi connectivity index (χ4n) is 6.53. The summed E-state index contributed by atoms with van der Waals surface area (Å²) >= 11 is 0. The van der Waals surface area contributed by atoms with Gasteiger partial charge in [-0.25, -0.2) is 0 Å². The van der Waals surface area contributed by atoms with Gasteiger partial charge in [0.15, 0.2) is 0 Å². The van der Waals surface area contributed by atoms with E-state index < -0.39 is 16.6 Å². The maximum Gasteiger partial charge on any atom is 0.269 e. The average Bonchev–Trinajstić information content (AvgIpc) is 3.03. The van der Waals surface area contributed by atoms with E-state index in [0.29, 0.717) is 17.4 Å². The number of aryl methyl sites for hydroxylation is 1. The minimum Gasteiger partial charge on any atom is -0.540 e. The van der Waals surface area contributed by atoms with E-state index >= 15 is 0 Å². The molecule has 0 radical (unpaired) electrons. The lowest BCUT2D eigenvalue weighted by atomic mass is 9.55. The molecule has 0 unspecified atom stereocenters. The van der Waals surface area contributed by atoms with Crippen molar-refractivity contribution in [1.29, 1.82) is 0 Å². The van der Waals surface area contributed by atoms with Crippen LogP contribution in [-0.4, -0.2) is 22.7 Å². The Labute approximate surface area is 186 Å². The molecule has 0 aliphatic heterocycles. The molecule has 2 nitrogen and oxygen atoms in total. The minimum absolute atomic E-state index is 0.342. The zero-order chi connectivity index (χ0) is 21.7. The molecule has 30 heavy (non-hydrogen) atoms. The molecule has 0 spiro atoms. The fraction of sp³-hybridized carbons (Fsp3) is 0.615. The zero-order valence-electron chi connectivity index (χ0n) is 19.7. The minimum atomic E-state index is -1.81. The van der Waals surface area contributed by atoms with Gasteiger partial charge in [-0.05, 0) is 111 Å². The van der Waals surface area contributed by atoms with E-state index in [1.165, 1.54) is 44.1 Å². The molecule has 0 heterocycles. The van der Waals surface area contributed by atoms with E-state index in [-0.39, 0.29) is 0 Å². The Morgan fingerprint density at radius 1 is 1.00 bits per heavy atom. The molecule has 0 saturated heterocycles. The SMILES string of the molecule is C=C[Si](C)(C)Oc1ccc2c(c1)CC[C@@H]1[C@@H]2CC[C@]2(C)[C@@H](O[Si](C)(C)C=C)CC[C@@H]12. The van der Waals surface area contributed by atoms with Crippen LogP contribution in [0.25, 0.3) is 0 Å². The van der Waals surface area contributed by atoms with E-state index in [4.69, 9.17) is 8.85 Å². The van der Waals surface area contributed by atoms with E-state index in [1.807, 2.05) is 5.70 Å². The molecule has 1 aromatic rings. The Kier molecular flexibility index (Phi) is 5.74. The topological polar surface area (TPSA) is 18.5 Å². The molecule has 164 valence electrons. The van der Waals surface area contributed by atoms with Crippen LogP contribution >= 0.6 is 0 Å². The van der Waals surface area contributed by atoms with Crippen molar-refractivity contribution in [2.45, 2.75) is 83.7 Å². The van der Waals surface area contributed by atoms with Gasteiger partial charge in [-0.15, -0.1) is 13.2 Å². The van der Waals surface area contributed by atoms with E-state index in [2.05, 4.69) is 70.2 Å². The lowest BCUT2D eigenvalue weighted by Gasteiger charge is -2.51. The summed E-state index contributed by atoms with van der Waals surface area (Å²) in [5, 5.41) is 0. The third kappa shape index (κ3) is 3.91. The second kappa shape index (κ2) is 7.79. The highest BCUT2D eigenvalue weighted by Gasteiger charge is 2.55. The van der Waals surface area contributed by atoms with Crippen LogP contribution in [0.15, 0.2) is 42.8 Å². The van der Waals surface area contributed by atoms with Crippen molar-refractivity contribution in [3.8, 4) is 5.75 Å². The summed E-state index contributed by atoms with van der Waals surface area (Å²) in [6, 6.07) is 6.93. The van der Waals surface area contributed by atoms with Crippen molar-refractivity contribution in [2.75, 3.05) is 0 Å². The van der Waals surface area contributed by atoms with Crippen molar-refractivity contribution in [3.05, 3.63) is 53.9 Å². The van der Waals surface area contributed by atoms with Crippen LogP contribution in [0.3, 0.4) is 0 Å². The van der Waals surface area contributed by atoms with Gasteiger partial charge in [0.1, 0.15) is 5.75 Å². The van der Waals surface area contributed by atoms with Crippen LogP contribution < -0.4 is 4.43 Å². The highest BCUT2D eigenvalue weighted by Crippen LogP contribution is 2.61. The van der Waals surface area contributed by atoms with Gasteiger partial charge >= 0.3 is 0 Å². The van der Waals surface area contributed by atoms with Crippen LogP contribution in [0.4, 0.5) is 0 Å². The quantitative estimate of drug-likeness (QED) is 0.437. The number of hydrogen-bond acceptors (Lipinski definition) is 2. The third-order valence-corrected chi connectivity index (χ3v) is 12.0. The molecular formula is C26H40O2Si2. The summed E-state index contributed by atoms with van der Waals surface area (Å²) < 4.78 is 13.1. The maximum absolute atomic E-state index is 6.74. The first-order valence-electron chi connectivity index (χ1n) is 11.9. The molecule has 3 aliphatic carbocycles. The Morgan fingerprint density at radius 2 is 1.73 bits per heavy atom. The summed E-state index contributed by atoms with van der Waals surface area (Å²) in [7, 11) is -3.56. The normalized spacial score (nSPS) is 33.2. The molecule has 3 aliphatic rings. The Balaban J connectivity index is 1.54. The molecule has 2 saturated carbocycles. The van der Waals surface area contributed by atoms with Gasteiger partial charge in [0.25, 0.3) is 8.32 Å². The average molecular weight is 441 g/mol. The monoisotopic (exact) mass is 440 g/mol. The smallest absolute Gasteiger partial charge is 0.269 e. The van der Waals surface area contributed by atoms with Gasteiger partial charge in [-0.3, -0.25) is 0 Å². The Hall–Kier alpha value is -1.11. The molecule has 5 atom stereocenters. The molecule has 4 heteroatoms. The van der Waals surface area contributed by atoms with Crippen molar-refractivity contribution in [2.24, 2.45) is 17.3 Å².